The molecular weight excluding hydrogens is 567 g/mol. The van der Waals surface area contributed by atoms with Crippen molar-refractivity contribution in [2.45, 2.75) is 29.1 Å². The lowest BCUT2D eigenvalue weighted by atomic mass is 9.82. The lowest BCUT2D eigenvalue weighted by Gasteiger charge is -2.21. The number of nitrogens with zero attached hydrogens (tertiary/aromatic N) is 3. The van der Waals surface area contributed by atoms with Crippen LogP contribution in [0.5, 0.6) is 0 Å². The molecule has 8 aromatic rings. The second-order valence-electron chi connectivity index (χ2n) is 12.6. The molecule has 0 spiro atoms. The van der Waals surface area contributed by atoms with Gasteiger partial charge in [0.05, 0.1) is 22.2 Å². The summed E-state index contributed by atoms with van der Waals surface area (Å²) in [4.78, 5) is 13.0. The van der Waals surface area contributed by atoms with Crippen LogP contribution >= 0.6 is 11.8 Å². The predicted molar refractivity (Wildman–Crippen MR) is 186 cm³/mol. The van der Waals surface area contributed by atoms with E-state index in [1.54, 1.807) is 11.8 Å². The summed E-state index contributed by atoms with van der Waals surface area (Å²) < 4.78 is 2.26. The first kappa shape index (κ1) is 25.2. The molecule has 1 aliphatic carbocycles. The molecule has 3 heterocycles. The third kappa shape index (κ3) is 3.43. The molecule has 0 saturated heterocycles. The van der Waals surface area contributed by atoms with Gasteiger partial charge in [-0.2, -0.15) is 0 Å². The van der Waals surface area contributed by atoms with Crippen molar-refractivity contribution in [2.75, 3.05) is 0 Å². The molecule has 3 nitrogen and oxygen atoms in total. The molecule has 6 aromatic carbocycles. The molecule has 2 aromatic heterocycles. The van der Waals surface area contributed by atoms with Gasteiger partial charge < -0.3 is 0 Å². The highest BCUT2D eigenvalue weighted by atomic mass is 32.2. The van der Waals surface area contributed by atoms with E-state index in [9.17, 15) is 0 Å². The maximum Gasteiger partial charge on any atom is 0.235 e. The Morgan fingerprint density at radius 2 is 1.27 bits per heavy atom. The van der Waals surface area contributed by atoms with E-state index >= 15 is 0 Å². The lowest BCUT2D eigenvalue weighted by molar-refractivity contribution is 0.660. The molecule has 2 aliphatic rings. The van der Waals surface area contributed by atoms with E-state index in [-0.39, 0.29) is 5.41 Å². The van der Waals surface area contributed by atoms with Crippen LogP contribution in [0.25, 0.3) is 72.2 Å². The van der Waals surface area contributed by atoms with Crippen LogP contribution < -0.4 is 0 Å². The summed E-state index contributed by atoms with van der Waals surface area (Å²) in [6.07, 6.45) is 0. The Bertz CT molecular complexity index is 2560. The van der Waals surface area contributed by atoms with E-state index in [4.69, 9.17) is 9.97 Å². The first-order chi connectivity index (χ1) is 22.1. The van der Waals surface area contributed by atoms with Crippen LogP contribution in [-0.4, -0.2) is 14.5 Å². The summed E-state index contributed by atoms with van der Waals surface area (Å²) in [7, 11) is 0. The van der Waals surface area contributed by atoms with Gasteiger partial charge in [-0.3, -0.25) is 4.57 Å². The van der Waals surface area contributed by atoms with Gasteiger partial charge in [0.25, 0.3) is 0 Å². The van der Waals surface area contributed by atoms with Crippen molar-refractivity contribution in [1.82, 2.24) is 14.5 Å². The van der Waals surface area contributed by atoms with E-state index in [1.807, 2.05) is 0 Å². The van der Waals surface area contributed by atoms with Crippen molar-refractivity contribution in [2.24, 2.45) is 0 Å². The third-order valence-electron chi connectivity index (χ3n) is 9.83. The zero-order chi connectivity index (χ0) is 29.9. The number of fused-ring (bicyclic) bond motifs is 8. The Morgan fingerprint density at radius 1 is 0.556 bits per heavy atom. The van der Waals surface area contributed by atoms with Gasteiger partial charge in [0.15, 0.2) is 0 Å². The standard InChI is InChI=1S/C41H27N3S/c1-41(2)31-13-6-3-10-26(31)30-22-24(19-21-32(30)41)25-18-20-28-27-11-4-7-15-34(27)44(35(28)23-25)40-42-33-14-9-17-37-38(33)39(43-40)29-12-5-8-16-36(29)45-37/h3-23H,1-2H3. The molecule has 0 bridgehead atoms. The number of para-hydroxylation sites is 1. The van der Waals surface area contributed by atoms with Crippen molar-refractivity contribution >= 4 is 44.5 Å². The van der Waals surface area contributed by atoms with E-state index in [0.717, 1.165) is 33.2 Å². The van der Waals surface area contributed by atoms with E-state index in [1.165, 1.54) is 53.9 Å². The van der Waals surface area contributed by atoms with E-state index in [0.29, 0.717) is 5.95 Å². The summed E-state index contributed by atoms with van der Waals surface area (Å²) in [5.41, 5.74) is 13.2. The topological polar surface area (TPSA) is 30.7 Å². The minimum absolute atomic E-state index is 0.00840. The number of hydrogen-bond acceptors (Lipinski definition) is 3. The molecule has 0 atom stereocenters. The predicted octanol–water partition coefficient (Wildman–Crippen LogP) is 10.8. The minimum atomic E-state index is -0.00840. The number of rotatable bonds is 2. The Kier molecular flexibility index (Phi) is 5.00. The summed E-state index contributed by atoms with van der Waals surface area (Å²) in [5.74, 6) is 0.698. The van der Waals surface area contributed by atoms with Crippen LogP contribution in [0.4, 0.5) is 0 Å². The molecule has 0 radical (unpaired) electrons. The van der Waals surface area contributed by atoms with E-state index in [2.05, 4.69) is 146 Å². The number of hydrogen-bond donors (Lipinski definition) is 0. The van der Waals surface area contributed by atoms with E-state index < -0.39 is 0 Å². The molecular formula is C41H27N3S. The zero-order valence-electron chi connectivity index (χ0n) is 24.9. The van der Waals surface area contributed by atoms with Crippen LogP contribution in [0.15, 0.2) is 137 Å². The minimum Gasteiger partial charge on any atom is -0.278 e. The highest BCUT2D eigenvalue weighted by molar-refractivity contribution is 7.99. The normalized spacial score (nSPS) is 14.1. The van der Waals surface area contributed by atoms with Gasteiger partial charge in [-0.25, -0.2) is 9.97 Å². The van der Waals surface area contributed by atoms with Gasteiger partial charge in [0, 0.05) is 36.9 Å². The fourth-order valence-electron chi connectivity index (χ4n) is 7.65. The Morgan fingerprint density at radius 3 is 2.20 bits per heavy atom. The monoisotopic (exact) mass is 593 g/mol. The number of aromatic nitrogens is 3. The lowest BCUT2D eigenvalue weighted by Crippen LogP contribution is -2.14. The second kappa shape index (κ2) is 8.93. The maximum absolute atomic E-state index is 5.34. The largest absolute Gasteiger partial charge is 0.278 e. The van der Waals surface area contributed by atoms with Crippen molar-refractivity contribution in [3.63, 3.8) is 0 Å². The van der Waals surface area contributed by atoms with Crippen molar-refractivity contribution in [1.29, 1.82) is 0 Å². The van der Waals surface area contributed by atoms with Crippen LogP contribution in [0.3, 0.4) is 0 Å². The summed E-state index contributed by atoms with van der Waals surface area (Å²) in [5, 5.41) is 3.53. The van der Waals surface area contributed by atoms with Crippen LogP contribution in [-0.2, 0) is 5.41 Å². The molecule has 212 valence electrons. The zero-order valence-corrected chi connectivity index (χ0v) is 25.7. The second-order valence-corrected chi connectivity index (χ2v) is 13.7. The third-order valence-corrected chi connectivity index (χ3v) is 11.0. The van der Waals surface area contributed by atoms with Crippen LogP contribution in [0.2, 0.25) is 0 Å². The summed E-state index contributed by atoms with van der Waals surface area (Å²) in [6.45, 7) is 4.66. The highest BCUT2D eigenvalue weighted by Gasteiger charge is 2.35. The van der Waals surface area contributed by atoms with Gasteiger partial charge in [-0.05, 0) is 69.8 Å². The van der Waals surface area contributed by atoms with Crippen molar-refractivity contribution < 1.29 is 0 Å². The summed E-state index contributed by atoms with van der Waals surface area (Å²) in [6, 6.07) is 46.3. The molecule has 4 heteroatoms. The Balaban J connectivity index is 1.23. The fourth-order valence-corrected chi connectivity index (χ4v) is 8.76. The number of benzene rings is 6. The summed E-state index contributed by atoms with van der Waals surface area (Å²) >= 11 is 1.80. The van der Waals surface area contributed by atoms with Gasteiger partial charge >= 0.3 is 0 Å². The van der Waals surface area contributed by atoms with Crippen molar-refractivity contribution in [3.05, 3.63) is 139 Å². The molecule has 45 heavy (non-hydrogen) atoms. The SMILES string of the molecule is CC1(C)c2ccccc2-c2cc(-c3ccc4c5ccccc5n(-c5nc6c7c(cccc7n5)Sc5ccccc5-6)c4c3)ccc21. The van der Waals surface area contributed by atoms with Gasteiger partial charge in [-0.1, -0.05) is 117 Å². The quantitative estimate of drug-likeness (QED) is 0.200. The van der Waals surface area contributed by atoms with Crippen LogP contribution in [0.1, 0.15) is 25.0 Å². The van der Waals surface area contributed by atoms with Crippen molar-refractivity contribution in [3.8, 4) is 39.5 Å². The van der Waals surface area contributed by atoms with Gasteiger partial charge in [0.1, 0.15) is 0 Å². The first-order valence-corrected chi connectivity index (χ1v) is 16.2. The average molecular weight is 594 g/mol. The average Bonchev–Trinajstić information content (AvgIpc) is 3.53. The molecule has 0 saturated carbocycles. The first-order valence-electron chi connectivity index (χ1n) is 15.4. The van der Waals surface area contributed by atoms with Gasteiger partial charge in [-0.15, -0.1) is 0 Å². The fraction of sp³-hybridized carbons (Fsp3) is 0.0732. The molecule has 0 fully saturated rings. The van der Waals surface area contributed by atoms with Gasteiger partial charge in [0.2, 0.25) is 5.95 Å². The maximum atomic E-state index is 5.34. The Hall–Kier alpha value is -5.19. The van der Waals surface area contributed by atoms with Crippen LogP contribution in [0, 0.1) is 0 Å². The smallest absolute Gasteiger partial charge is 0.235 e. The molecule has 0 amide bonds. The molecule has 10 rings (SSSR count). The Labute approximate surface area is 265 Å². The molecule has 0 unspecified atom stereocenters. The highest BCUT2D eigenvalue weighted by Crippen LogP contribution is 2.50. The molecule has 1 aliphatic heterocycles. The molecule has 0 N–H and O–H groups in total.